The van der Waals surface area contributed by atoms with Crippen molar-refractivity contribution in [2.45, 2.75) is 24.4 Å². The second-order valence-electron chi connectivity index (χ2n) is 4.14. The Labute approximate surface area is 117 Å². The number of hydrogen-bond donors (Lipinski definition) is 1. The van der Waals surface area contributed by atoms with Crippen LogP contribution in [0.1, 0.15) is 18.7 Å². The molecule has 5 heteroatoms. The van der Waals surface area contributed by atoms with Crippen molar-refractivity contribution in [3.05, 3.63) is 42.2 Å². The van der Waals surface area contributed by atoms with Gasteiger partial charge in [0.05, 0.1) is 25.0 Å². The molecule has 0 bridgehead atoms. The smallest absolute Gasteiger partial charge is 0.161 e. The molecule has 1 aromatic heterocycles. The third kappa shape index (κ3) is 3.30. The summed E-state index contributed by atoms with van der Waals surface area (Å²) in [5.74, 6) is 1.56. The average Bonchev–Trinajstić information content (AvgIpc) is 2.89. The molecule has 0 saturated carbocycles. The molecule has 0 amide bonds. The lowest BCUT2D eigenvalue weighted by Crippen LogP contribution is -2.19. The zero-order chi connectivity index (χ0) is 13.7. The fourth-order valence-corrected chi connectivity index (χ4v) is 2.82. The van der Waals surface area contributed by atoms with Crippen LogP contribution in [0.15, 0.2) is 41.4 Å². The average molecular weight is 277 g/mol. The summed E-state index contributed by atoms with van der Waals surface area (Å²) in [6.45, 7) is 2.84. The van der Waals surface area contributed by atoms with E-state index in [2.05, 4.69) is 17.2 Å². The van der Waals surface area contributed by atoms with Gasteiger partial charge in [-0.15, -0.1) is 11.8 Å². The van der Waals surface area contributed by atoms with Crippen molar-refractivity contribution in [3.8, 4) is 5.75 Å². The maximum atomic E-state index is 6.28. The first-order valence-corrected chi connectivity index (χ1v) is 7.28. The SMILES string of the molecule is CCn1ncc(OC)c1C(N)CSc1ccccc1. The van der Waals surface area contributed by atoms with Gasteiger partial charge in [0, 0.05) is 17.2 Å². The highest BCUT2D eigenvalue weighted by atomic mass is 32.2. The predicted octanol–water partition coefficient (Wildman–Crippen LogP) is 2.70. The van der Waals surface area contributed by atoms with E-state index in [4.69, 9.17) is 10.5 Å². The van der Waals surface area contributed by atoms with Gasteiger partial charge in [0.1, 0.15) is 0 Å². The molecule has 2 rings (SSSR count). The number of nitrogens with zero attached hydrogens (tertiary/aromatic N) is 2. The lowest BCUT2D eigenvalue weighted by molar-refractivity contribution is 0.403. The van der Waals surface area contributed by atoms with Gasteiger partial charge < -0.3 is 10.5 Å². The molecular formula is C14H19N3OS. The van der Waals surface area contributed by atoms with Gasteiger partial charge in [-0.05, 0) is 19.1 Å². The summed E-state index contributed by atoms with van der Waals surface area (Å²) in [7, 11) is 1.65. The Kier molecular flexibility index (Phi) is 4.87. The first-order chi connectivity index (χ1) is 9.26. The van der Waals surface area contributed by atoms with Crippen LogP contribution in [-0.4, -0.2) is 22.6 Å². The van der Waals surface area contributed by atoms with Crippen molar-refractivity contribution in [3.63, 3.8) is 0 Å². The van der Waals surface area contributed by atoms with E-state index in [1.807, 2.05) is 29.8 Å². The first-order valence-electron chi connectivity index (χ1n) is 6.29. The lowest BCUT2D eigenvalue weighted by atomic mass is 10.2. The van der Waals surface area contributed by atoms with Gasteiger partial charge in [0.15, 0.2) is 5.75 Å². The van der Waals surface area contributed by atoms with Crippen LogP contribution in [0, 0.1) is 0 Å². The number of thioether (sulfide) groups is 1. The van der Waals surface area contributed by atoms with E-state index < -0.39 is 0 Å². The molecule has 1 heterocycles. The summed E-state index contributed by atoms with van der Waals surface area (Å²) >= 11 is 1.74. The maximum absolute atomic E-state index is 6.28. The van der Waals surface area contributed by atoms with E-state index in [0.717, 1.165) is 23.7 Å². The fourth-order valence-electron chi connectivity index (χ4n) is 1.94. The van der Waals surface area contributed by atoms with Crippen LogP contribution in [0.3, 0.4) is 0 Å². The molecule has 0 aliphatic carbocycles. The minimum absolute atomic E-state index is 0.0948. The lowest BCUT2D eigenvalue weighted by Gasteiger charge is -2.14. The third-order valence-electron chi connectivity index (χ3n) is 2.89. The zero-order valence-corrected chi connectivity index (χ0v) is 12.1. The molecule has 0 saturated heterocycles. The quantitative estimate of drug-likeness (QED) is 0.825. The van der Waals surface area contributed by atoms with Crippen molar-refractivity contribution in [2.24, 2.45) is 5.73 Å². The van der Waals surface area contributed by atoms with Crippen LogP contribution in [-0.2, 0) is 6.54 Å². The predicted molar refractivity (Wildman–Crippen MR) is 78.5 cm³/mol. The second-order valence-corrected chi connectivity index (χ2v) is 5.24. The maximum Gasteiger partial charge on any atom is 0.161 e. The number of aromatic nitrogens is 2. The van der Waals surface area contributed by atoms with Gasteiger partial charge in [-0.3, -0.25) is 4.68 Å². The highest BCUT2D eigenvalue weighted by Crippen LogP contribution is 2.28. The standard InChI is InChI=1S/C14H19N3OS/c1-3-17-14(13(18-2)9-16-17)12(15)10-19-11-7-5-4-6-8-11/h4-9,12H,3,10,15H2,1-2H3. The molecule has 1 atom stereocenters. The van der Waals surface area contributed by atoms with Crippen molar-refractivity contribution in [1.29, 1.82) is 0 Å². The van der Waals surface area contributed by atoms with Gasteiger partial charge in [-0.1, -0.05) is 18.2 Å². The molecule has 19 heavy (non-hydrogen) atoms. The summed E-state index contributed by atoms with van der Waals surface area (Å²) in [4.78, 5) is 1.22. The largest absolute Gasteiger partial charge is 0.493 e. The monoisotopic (exact) mass is 277 g/mol. The third-order valence-corrected chi connectivity index (χ3v) is 4.02. The molecule has 0 fully saturated rings. The fraction of sp³-hybridized carbons (Fsp3) is 0.357. The van der Waals surface area contributed by atoms with Crippen LogP contribution >= 0.6 is 11.8 Å². The van der Waals surface area contributed by atoms with Crippen LogP contribution in [0.5, 0.6) is 5.75 Å². The van der Waals surface area contributed by atoms with Gasteiger partial charge in [-0.25, -0.2) is 0 Å². The number of hydrogen-bond acceptors (Lipinski definition) is 4. The van der Waals surface area contributed by atoms with Crippen molar-refractivity contribution in [1.82, 2.24) is 9.78 Å². The zero-order valence-electron chi connectivity index (χ0n) is 11.2. The van der Waals surface area contributed by atoms with Crippen LogP contribution in [0.4, 0.5) is 0 Å². The molecule has 1 aromatic carbocycles. The van der Waals surface area contributed by atoms with E-state index in [1.165, 1.54) is 4.90 Å². The molecule has 102 valence electrons. The molecule has 0 aliphatic heterocycles. The minimum Gasteiger partial charge on any atom is -0.493 e. The summed E-state index contributed by atoms with van der Waals surface area (Å²) in [6, 6.07) is 10.2. The van der Waals surface area contributed by atoms with Gasteiger partial charge in [-0.2, -0.15) is 5.10 Å². The normalized spacial score (nSPS) is 12.4. The molecule has 0 radical (unpaired) electrons. The van der Waals surface area contributed by atoms with E-state index in [-0.39, 0.29) is 6.04 Å². The summed E-state index contributed by atoms with van der Waals surface area (Å²) in [5, 5.41) is 4.28. The topological polar surface area (TPSA) is 53.1 Å². The molecule has 4 nitrogen and oxygen atoms in total. The molecule has 2 aromatic rings. The second kappa shape index (κ2) is 6.63. The Morgan fingerprint density at radius 2 is 2.11 bits per heavy atom. The Balaban J connectivity index is 2.07. The number of benzene rings is 1. The highest BCUT2D eigenvalue weighted by molar-refractivity contribution is 7.99. The number of nitrogens with two attached hydrogens (primary N) is 1. The van der Waals surface area contributed by atoms with Crippen molar-refractivity contribution in [2.75, 3.05) is 12.9 Å². The van der Waals surface area contributed by atoms with E-state index in [1.54, 1.807) is 25.1 Å². The molecule has 1 unspecified atom stereocenters. The van der Waals surface area contributed by atoms with E-state index in [0.29, 0.717) is 0 Å². The number of rotatable bonds is 6. The van der Waals surface area contributed by atoms with Crippen LogP contribution in [0.25, 0.3) is 0 Å². The highest BCUT2D eigenvalue weighted by Gasteiger charge is 2.18. The Hall–Kier alpha value is -1.46. The minimum atomic E-state index is -0.0948. The summed E-state index contributed by atoms with van der Waals surface area (Å²) in [6.07, 6.45) is 1.73. The number of methoxy groups -OCH3 is 1. The first kappa shape index (κ1) is 14.0. The number of aryl methyl sites for hydroxylation is 1. The molecule has 2 N–H and O–H groups in total. The Bertz CT molecular complexity index is 491. The van der Waals surface area contributed by atoms with Gasteiger partial charge >= 0.3 is 0 Å². The van der Waals surface area contributed by atoms with Gasteiger partial charge in [0.25, 0.3) is 0 Å². The molecule has 0 aliphatic rings. The van der Waals surface area contributed by atoms with E-state index >= 15 is 0 Å². The van der Waals surface area contributed by atoms with E-state index in [9.17, 15) is 0 Å². The number of ether oxygens (including phenoxy) is 1. The Morgan fingerprint density at radius 1 is 1.37 bits per heavy atom. The van der Waals surface area contributed by atoms with Crippen molar-refractivity contribution >= 4 is 11.8 Å². The summed E-state index contributed by atoms with van der Waals surface area (Å²) in [5.41, 5.74) is 7.24. The van der Waals surface area contributed by atoms with Crippen LogP contribution in [0.2, 0.25) is 0 Å². The molecular weight excluding hydrogens is 258 g/mol. The Morgan fingerprint density at radius 3 is 2.74 bits per heavy atom. The molecule has 0 spiro atoms. The summed E-state index contributed by atoms with van der Waals surface area (Å²) < 4.78 is 7.23. The van der Waals surface area contributed by atoms with Crippen molar-refractivity contribution < 1.29 is 4.74 Å². The van der Waals surface area contributed by atoms with Gasteiger partial charge in [0.2, 0.25) is 0 Å². The van der Waals surface area contributed by atoms with Crippen LogP contribution < -0.4 is 10.5 Å².